The zero-order valence-corrected chi connectivity index (χ0v) is 15.4. The van der Waals surface area contributed by atoms with Crippen LogP contribution in [0.1, 0.15) is 42.6 Å². The minimum Gasteiger partial charge on any atom is -0.486 e. The summed E-state index contributed by atoms with van der Waals surface area (Å²) < 4.78 is 11.4. The van der Waals surface area contributed by atoms with Crippen molar-refractivity contribution in [2.45, 2.75) is 38.0 Å². The first-order valence-electron chi connectivity index (χ1n) is 9.29. The van der Waals surface area contributed by atoms with E-state index >= 15 is 0 Å². The normalized spacial score (nSPS) is 17.3. The lowest BCUT2D eigenvalue weighted by atomic mass is 9.78. The van der Waals surface area contributed by atoms with Crippen LogP contribution in [0.25, 0.3) is 0 Å². The molecule has 1 saturated carbocycles. The van der Waals surface area contributed by atoms with E-state index in [1.807, 2.05) is 19.1 Å². The van der Waals surface area contributed by atoms with Crippen molar-refractivity contribution >= 4 is 11.6 Å². The Labute approximate surface area is 158 Å². The topological polar surface area (TPSA) is 106 Å². The molecule has 0 unspecified atom stereocenters. The molecule has 3 N–H and O–H groups in total. The van der Waals surface area contributed by atoms with Gasteiger partial charge in [-0.2, -0.15) is 5.26 Å². The molecule has 140 valence electrons. The SMILES string of the molecule is Cc1nc(C#N)c(N)nc1NCC1(c2ccc3c(c2)OCCO3)CCCC1. The van der Waals surface area contributed by atoms with Gasteiger partial charge in [0.1, 0.15) is 25.1 Å². The molecule has 1 aliphatic heterocycles. The number of hydrogen-bond donors (Lipinski definition) is 2. The Morgan fingerprint density at radius 1 is 1.19 bits per heavy atom. The van der Waals surface area contributed by atoms with E-state index in [9.17, 15) is 0 Å². The van der Waals surface area contributed by atoms with Crippen LogP contribution in [0.15, 0.2) is 18.2 Å². The van der Waals surface area contributed by atoms with Crippen LogP contribution >= 0.6 is 0 Å². The zero-order valence-electron chi connectivity index (χ0n) is 15.4. The number of fused-ring (bicyclic) bond motifs is 1. The summed E-state index contributed by atoms with van der Waals surface area (Å²) in [4.78, 5) is 8.58. The molecule has 0 atom stereocenters. The van der Waals surface area contributed by atoms with Crippen LogP contribution in [0.5, 0.6) is 11.5 Å². The molecule has 2 aromatic rings. The fourth-order valence-corrected chi connectivity index (χ4v) is 4.03. The third-order valence-corrected chi connectivity index (χ3v) is 5.51. The Balaban J connectivity index is 1.60. The van der Waals surface area contributed by atoms with Crippen molar-refractivity contribution in [1.29, 1.82) is 5.26 Å². The zero-order chi connectivity index (χ0) is 18.9. The first kappa shape index (κ1) is 17.4. The number of nitrogens with one attached hydrogen (secondary N) is 1. The Hall–Kier alpha value is -3.01. The van der Waals surface area contributed by atoms with Gasteiger partial charge in [-0.05, 0) is 37.5 Å². The maximum absolute atomic E-state index is 9.05. The van der Waals surface area contributed by atoms with Gasteiger partial charge >= 0.3 is 0 Å². The van der Waals surface area contributed by atoms with E-state index in [4.69, 9.17) is 20.5 Å². The summed E-state index contributed by atoms with van der Waals surface area (Å²) in [5.74, 6) is 2.43. The number of anilines is 2. The molecular formula is C20H23N5O2. The Morgan fingerprint density at radius 3 is 2.67 bits per heavy atom. The Morgan fingerprint density at radius 2 is 1.93 bits per heavy atom. The summed E-state index contributed by atoms with van der Waals surface area (Å²) in [7, 11) is 0. The predicted octanol–water partition coefficient (Wildman–Crippen LogP) is 2.93. The molecule has 0 spiro atoms. The average Bonchev–Trinajstić information content (AvgIpc) is 3.18. The second-order valence-corrected chi connectivity index (χ2v) is 7.20. The highest BCUT2D eigenvalue weighted by atomic mass is 16.6. The van der Waals surface area contributed by atoms with Crippen molar-refractivity contribution in [1.82, 2.24) is 9.97 Å². The molecule has 0 radical (unpaired) electrons. The lowest BCUT2D eigenvalue weighted by molar-refractivity contribution is 0.171. The summed E-state index contributed by atoms with van der Waals surface area (Å²) in [5.41, 5.74) is 7.94. The number of hydrogen-bond acceptors (Lipinski definition) is 7. The predicted molar refractivity (Wildman–Crippen MR) is 102 cm³/mol. The van der Waals surface area contributed by atoms with Crippen molar-refractivity contribution in [2.75, 3.05) is 30.8 Å². The quantitative estimate of drug-likeness (QED) is 0.858. The fraction of sp³-hybridized carbons (Fsp3) is 0.450. The molecule has 0 saturated heterocycles. The average molecular weight is 365 g/mol. The summed E-state index contributed by atoms with van der Waals surface area (Å²) in [6.45, 7) is 3.74. The van der Waals surface area contributed by atoms with E-state index in [1.165, 1.54) is 18.4 Å². The molecule has 2 heterocycles. The number of rotatable bonds is 4. The van der Waals surface area contributed by atoms with Gasteiger partial charge in [-0.3, -0.25) is 0 Å². The Kier molecular flexibility index (Phi) is 4.48. The van der Waals surface area contributed by atoms with Gasteiger partial charge in [0.2, 0.25) is 0 Å². The van der Waals surface area contributed by atoms with Gasteiger partial charge in [-0.25, -0.2) is 9.97 Å². The van der Waals surface area contributed by atoms with Crippen LogP contribution in [0.4, 0.5) is 11.6 Å². The van der Waals surface area contributed by atoms with Crippen LogP contribution < -0.4 is 20.5 Å². The first-order chi connectivity index (χ1) is 13.1. The molecule has 27 heavy (non-hydrogen) atoms. The number of aromatic nitrogens is 2. The van der Waals surface area contributed by atoms with Crippen molar-refractivity contribution in [3.05, 3.63) is 35.2 Å². The van der Waals surface area contributed by atoms with E-state index in [2.05, 4.69) is 27.4 Å². The van der Waals surface area contributed by atoms with Crippen molar-refractivity contribution in [2.24, 2.45) is 0 Å². The minimum absolute atomic E-state index is 0.00657. The van der Waals surface area contributed by atoms with Gasteiger partial charge in [0, 0.05) is 12.0 Å². The molecule has 1 aromatic heterocycles. The van der Waals surface area contributed by atoms with Crippen LogP contribution in [-0.4, -0.2) is 29.7 Å². The monoisotopic (exact) mass is 365 g/mol. The third-order valence-electron chi connectivity index (χ3n) is 5.51. The maximum Gasteiger partial charge on any atom is 0.183 e. The van der Waals surface area contributed by atoms with Gasteiger partial charge in [-0.15, -0.1) is 0 Å². The number of benzene rings is 1. The summed E-state index contributed by atoms with van der Waals surface area (Å²) in [6, 6.07) is 8.24. The number of nitriles is 1. The van der Waals surface area contributed by atoms with Gasteiger partial charge < -0.3 is 20.5 Å². The van der Waals surface area contributed by atoms with Gasteiger partial charge in [-0.1, -0.05) is 18.9 Å². The van der Waals surface area contributed by atoms with E-state index in [-0.39, 0.29) is 16.9 Å². The molecule has 7 heteroatoms. The Bertz CT molecular complexity index is 900. The lowest BCUT2D eigenvalue weighted by Gasteiger charge is -2.31. The molecule has 1 fully saturated rings. The van der Waals surface area contributed by atoms with E-state index in [0.717, 1.165) is 30.9 Å². The van der Waals surface area contributed by atoms with Crippen molar-refractivity contribution < 1.29 is 9.47 Å². The smallest absolute Gasteiger partial charge is 0.183 e. The molecule has 0 amide bonds. The molecule has 7 nitrogen and oxygen atoms in total. The minimum atomic E-state index is 0.00657. The van der Waals surface area contributed by atoms with Gasteiger partial charge in [0.15, 0.2) is 23.0 Å². The second-order valence-electron chi connectivity index (χ2n) is 7.20. The first-order valence-corrected chi connectivity index (χ1v) is 9.29. The van der Waals surface area contributed by atoms with Crippen LogP contribution in [0, 0.1) is 18.3 Å². The van der Waals surface area contributed by atoms with Gasteiger partial charge in [0.05, 0.1) is 5.69 Å². The number of nitrogens with two attached hydrogens (primary N) is 1. The second kappa shape index (κ2) is 6.95. The summed E-state index contributed by atoms with van der Waals surface area (Å²) >= 11 is 0. The largest absolute Gasteiger partial charge is 0.486 e. The number of aryl methyl sites for hydroxylation is 1. The van der Waals surface area contributed by atoms with Gasteiger partial charge in [0.25, 0.3) is 0 Å². The fourth-order valence-electron chi connectivity index (χ4n) is 4.03. The van der Waals surface area contributed by atoms with Crippen LogP contribution in [-0.2, 0) is 5.41 Å². The lowest BCUT2D eigenvalue weighted by Crippen LogP contribution is -2.32. The summed E-state index contributed by atoms with van der Waals surface area (Å²) in [5, 5.41) is 12.5. The standard InChI is InChI=1S/C20H23N5O2/c1-13-19(25-18(22)15(11-21)24-13)23-12-20(6-2-3-7-20)14-4-5-16-17(10-14)27-9-8-26-16/h4-5,10H,2-3,6-9,12H2,1H3,(H3,22,23,25). The molecule has 4 rings (SSSR count). The number of ether oxygens (including phenoxy) is 2. The molecule has 0 bridgehead atoms. The molecule has 1 aliphatic carbocycles. The van der Waals surface area contributed by atoms with E-state index < -0.39 is 0 Å². The van der Waals surface area contributed by atoms with Crippen LogP contribution in [0.3, 0.4) is 0 Å². The molecule has 1 aromatic carbocycles. The van der Waals surface area contributed by atoms with Crippen molar-refractivity contribution in [3.63, 3.8) is 0 Å². The number of nitrogen functional groups attached to an aromatic ring is 1. The van der Waals surface area contributed by atoms with Crippen LogP contribution in [0.2, 0.25) is 0 Å². The molecular weight excluding hydrogens is 342 g/mol. The maximum atomic E-state index is 9.05. The van der Waals surface area contributed by atoms with E-state index in [0.29, 0.717) is 24.7 Å². The highest BCUT2D eigenvalue weighted by molar-refractivity contribution is 5.53. The highest BCUT2D eigenvalue weighted by Crippen LogP contribution is 2.44. The summed E-state index contributed by atoms with van der Waals surface area (Å²) in [6.07, 6.45) is 4.57. The highest BCUT2D eigenvalue weighted by Gasteiger charge is 2.36. The number of nitrogens with zero attached hydrogens (tertiary/aromatic N) is 3. The van der Waals surface area contributed by atoms with Crippen molar-refractivity contribution in [3.8, 4) is 17.6 Å². The molecule has 2 aliphatic rings. The van der Waals surface area contributed by atoms with E-state index in [1.54, 1.807) is 0 Å². The third kappa shape index (κ3) is 3.23.